The number of benzene rings is 1. The molecule has 100 valence electrons. The van der Waals surface area contributed by atoms with Crippen molar-refractivity contribution in [2.75, 3.05) is 26.2 Å². The first-order valence-corrected chi connectivity index (χ1v) is 6.56. The smallest absolute Gasteiger partial charge is 0.317 e. The molecule has 19 heavy (non-hydrogen) atoms. The number of urea groups is 1. The lowest BCUT2D eigenvalue weighted by molar-refractivity contribution is 0.0994. The fourth-order valence-electron chi connectivity index (χ4n) is 2.52. The summed E-state index contributed by atoms with van der Waals surface area (Å²) in [6.45, 7) is 2.50. The number of hydrogen-bond acceptors (Lipinski definition) is 3. The summed E-state index contributed by atoms with van der Waals surface area (Å²) in [7, 11) is 0. The summed E-state index contributed by atoms with van der Waals surface area (Å²) >= 11 is 0. The standard InChI is InChI=1S/C14H16N2O3/c17-13-4-1-10-9-11(2-3-12(10)13)19-8-7-16-6-5-15-14(16)18/h2-3,9H,1,4-8H2,(H,15,18). The van der Waals surface area contributed by atoms with Gasteiger partial charge in [-0.3, -0.25) is 4.79 Å². The summed E-state index contributed by atoms with van der Waals surface area (Å²) in [5.74, 6) is 0.989. The molecular formula is C14H16N2O3. The molecule has 2 amide bonds. The first-order chi connectivity index (χ1) is 9.24. The maximum absolute atomic E-state index is 11.5. The molecule has 1 N–H and O–H groups in total. The molecule has 0 radical (unpaired) electrons. The van der Waals surface area contributed by atoms with Crippen molar-refractivity contribution >= 4 is 11.8 Å². The van der Waals surface area contributed by atoms with E-state index in [1.807, 2.05) is 18.2 Å². The van der Waals surface area contributed by atoms with Crippen LogP contribution in [0.4, 0.5) is 4.79 Å². The molecule has 0 aromatic heterocycles. The average molecular weight is 260 g/mol. The Labute approximate surface area is 111 Å². The van der Waals surface area contributed by atoms with Crippen LogP contribution in [0, 0.1) is 0 Å². The topological polar surface area (TPSA) is 58.6 Å². The number of rotatable bonds is 4. The molecule has 1 saturated heterocycles. The lowest BCUT2D eigenvalue weighted by Gasteiger charge is -2.14. The molecule has 5 heteroatoms. The summed E-state index contributed by atoms with van der Waals surface area (Å²) in [4.78, 5) is 24.6. The normalized spacial score (nSPS) is 17.6. The summed E-state index contributed by atoms with van der Waals surface area (Å²) < 4.78 is 5.64. The molecule has 1 aromatic rings. The van der Waals surface area contributed by atoms with Gasteiger partial charge in [-0.1, -0.05) is 0 Å². The predicted molar refractivity (Wildman–Crippen MR) is 69.6 cm³/mol. The van der Waals surface area contributed by atoms with E-state index in [0.29, 0.717) is 26.1 Å². The average Bonchev–Trinajstić information content (AvgIpc) is 2.97. The highest BCUT2D eigenvalue weighted by Crippen LogP contribution is 2.26. The van der Waals surface area contributed by atoms with Gasteiger partial charge in [0.2, 0.25) is 0 Å². The van der Waals surface area contributed by atoms with Crippen LogP contribution in [0.15, 0.2) is 18.2 Å². The van der Waals surface area contributed by atoms with Crippen molar-refractivity contribution in [1.29, 1.82) is 0 Å². The number of aryl methyl sites for hydroxylation is 1. The summed E-state index contributed by atoms with van der Waals surface area (Å²) in [5.41, 5.74) is 1.90. The molecule has 0 spiro atoms. The number of amides is 2. The predicted octanol–water partition coefficient (Wildman–Crippen LogP) is 1.22. The van der Waals surface area contributed by atoms with Crippen LogP contribution in [-0.4, -0.2) is 43.0 Å². The van der Waals surface area contributed by atoms with Crippen LogP contribution in [0.2, 0.25) is 0 Å². The summed E-state index contributed by atoms with van der Waals surface area (Å²) in [6, 6.07) is 5.57. The number of fused-ring (bicyclic) bond motifs is 1. The van der Waals surface area contributed by atoms with Gasteiger partial charge in [0.25, 0.3) is 0 Å². The molecule has 0 bridgehead atoms. The number of carbonyl (C=O) groups is 2. The highest BCUT2D eigenvalue weighted by Gasteiger charge is 2.20. The van der Waals surface area contributed by atoms with E-state index in [9.17, 15) is 9.59 Å². The molecule has 5 nitrogen and oxygen atoms in total. The molecule has 1 aliphatic heterocycles. The molecule has 0 atom stereocenters. The number of nitrogens with one attached hydrogen (secondary N) is 1. The van der Waals surface area contributed by atoms with Crippen molar-refractivity contribution in [3.05, 3.63) is 29.3 Å². The third kappa shape index (κ3) is 2.41. The number of hydrogen-bond donors (Lipinski definition) is 1. The number of Topliss-reactive ketones (excluding diaryl/α,β-unsaturated/α-hetero) is 1. The Hall–Kier alpha value is -2.04. The van der Waals surface area contributed by atoms with E-state index in [-0.39, 0.29) is 11.8 Å². The minimum absolute atomic E-state index is 0.0249. The summed E-state index contributed by atoms with van der Waals surface area (Å²) in [6.07, 6.45) is 1.41. The number of carbonyl (C=O) groups excluding carboxylic acids is 2. The van der Waals surface area contributed by atoms with Crippen molar-refractivity contribution in [2.24, 2.45) is 0 Å². The van der Waals surface area contributed by atoms with Crippen LogP contribution >= 0.6 is 0 Å². The third-order valence-corrected chi connectivity index (χ3v) is 3.57. The zero-order valence-electron chi connectivity index (χ0n) is 10.6. The molecule has 1 aromatic carbocycles. The van der Waals surface area contributed by atoms with E-state index < -0.39 is 0 Å². The Bertz CT molecular complexity index is 527. The van der Waals surface area contributed by atoms with E-state index in [2.05, 4.69) is 5.32 Å². The van der Waals surface area contributed by atoms with E-state index in [1.54, 1.807) is 4.90 Å². The van der Waals surface area contributed by atoms with Gasteiger partial charge in [0.1, 0.15) is 12.4 Å². The van der Waals surface area contributed by atoms with Gasteiger partial charge in [-0.05, 0) is 30.2 Å². The Morgan fingerprint density at radius 2 is 2.16 bits per heavy atom. The van der Waals surface area contributed by atoms with Gasteiger partial charge in [-0.25, -0.2) is 4.79 Å². The highest BCUT2D eigenvalue weighted by atomic mass is 16.5. The van der Waals surface area contributed by atoms with Crippen LogP contribution < -0.4 is 10.1 Å². The highest BCUT2D eigenvalue weighted by molar-refractivity contribution is 6.00. The quantitative estimate of drug-likeness (QED) is 0.885. The van der Waals surface area contributed by atoms with Crippen LogP contribution in [0.1, 0.15) is 22.3 Å². The van der Waals surface area contributed by atoms with Crippen molar-refractivity contribution in [3.63, 3.8) is 0 Å². The van der Waals surface area contributed by atoms with Gasteiger partial charge in [0, 0.05) is 25.1 Å². The maximum Gasteiger partial charge on any atom is 0.317 e. The zero-order valence-corrected chi connectivity index (χ0v) is 10.6. The zero-order chi connectivity index (χ0) is 13.2. The first-order valence-electron chi connectivity index (χ1n) is 6.56. The number of nitrogens with zero attached hydrogens (tertiary/aromatic N) is 1. The maximum atomic E-state index is 11.5. The molecule has 1 heterocycles. The minimum Gasteiger partial charge on any atom is -0.492 e. The van der Waals surface area contributed by atoms with Crippen LogP contribution in [0.3, 0.4) is 0 Å². The molecular weight excluding hydrogens is 244 g/mol. The lowest BCUT2D eigenvalue weighted by atomic mass is 10.1. The Balaban J connectivity index is 1.56. The van der Waals surface area contributed by atoms with E-state index in [4.69, 9.17) is 4.74 Å². The molecule has 3 rings (SSSR count). The molecule has 1 fully saturated rings. The minimum atomic E-state index is -0.0249. The fourth-order valence-corrected chi connectivity index (χ4v) is 2.52. The van der Waals surface area contributed by atoms with Gasteiger partial charge in [-0.2, -0.15) is 0 Å². The second kappa shape index (κ2) is 4.91. The van der Waals surface area contributed by atoms with Crippen LogP contribution in [-0.2, 0) is 6.42 Å². The van der Waals surface area contributed by atoms with Crippen molar-refractivity contribution < 1.29 is 14.3 Å². The van der Waals surface area contributed by atoms with Gasteiger partial charge >= 0.3 is 6.03 Å². The van der Waals surface area contributed by atoms with Gasteiger partial charge < -0.3 is 15.0 Å². The second-order valence-electron chi connectivity index (χ2n) is 4.81. The van der Waals surface area contributed by atoms with E-state index in [1.165, 1.54) is 0 Å². The Kier molecular flexibility index (Phi) is 3.11. The second-order valence-corrected chi connectivity index (χ2v) is 4.81. The molecule has 1 aliphatic carbocycles. The van der Waals surface area contributed by atoms with Crippen molar-refractivity contribution in [2.45, 2.75) is 12.8 Å². The van der Waals surface area contributed by atoms with Crippen LogP contribution in [0.25, 0.3) is 0 Å². The Morgan fingerprint density at radius 1 is 1.26 bits per heavy atom. The van der Waals surface area contributed by atoms with Gasteiger partial charge in [-0.15, -0.1) is 0 Å². The molecule has 2 aliphatic rings. The van der Waals surface area contributed by atoms with Crippen molar-refractivity contribution in [3.8, 4) is 5.75 Å². The van der Waals surface area contributed by atoms with Gasteiger partial charge in [0.15, 0.2) is 5.78 Å². The molecule has 0 unspecified atom stereocenters. The van der Waals surface area contributed by atoms with Gasteiger partial charge in [0.05, 0.1) is 6.54 Å². The SMILES string of the molecule is O=C1CCc2cc(OCCN3CCNC3=O)ccc21. The molecule has 0 saturated carbocycles. The van der Waals surface area contributed by atoms with Crippen LogP contribution in [0.5, 0.6) is 5.75 Å². The third-order valence-electron chi connectivity index (χ3n) is 3.57. The van der Waals surface area contributed by atoms with E-state index >= 15 is 0 Å². The fraction of sp³-hybridized carbons (Fsp3) is 0.429. The summed E-state index contributed by atoms with van der Waals surface area (Å²) in [5, 5.41) is 2.75. The first kappa shape index (κ1) is 12.0. The monoisotopic (exact) mass is 260 g/mol. The Morgan fingerprint density at radius 3 is 2.95 bits per heavy atom. The van der Waals surface area contributed by atoms with E-state index in [0.717, 1.165) is 29.8 Å². The number of ketones is 1. The lowest BCUT2D eigenvalue weighted by Crippen LogP contribution is -2.31. The largest absolute Gasteiger partial charge is 0.492 e. The number of ether oxygens (including phenoxy) is 1. The van der Waals surface area contributed by atoms with Crippen molar-refractivity contribution in [1.82, 2.24) is 10.2 Å².